The van der Waals surface area contributed by atoms with Gasteiger partial charge in [0.2, 0.25) is 5.91 Å². The Labute approximate surface area is 220 Å². The Hall–Kier alpha value is -3.90. The zero-order valence-electron chi connectivity index (χ0n) is 21.2. The van der Waals surface area contributed by atoms with E-state index in [1.54, 1.807) is 47.4 Å². The highest BCUT2D eigenvalue weighted by Crippen LogP contribution is 2.26. The Balaban J connectivity index is 1.69. The van der Waals surface area contributed by atoms with E-state index in [0.717, 1.165) is 16.7 Å². The van der Waals surface area contributed by atoms with Gasteiger partial charge >= 0.3 is 0 Å². The fraction of sp³-hybridized carbons (Fsp3) is 0.194. The molecule has 0 N–H and O–H groups in total. The van der Waals surface area contributed by atoms with Gasteiger partial charge in [-0.3, -0.25) is 9.10 Å². The molecule has 190 valence electrons. The Bertz CT molecular complexity index is 1350. The minimum absolute atomic E-state index is 0.147. The highest BCUT2D eigenvalue weighted by atomic mass is 32.2. The molecule has 0 aliphatic rings. The molecule has 0 aliphatic carbocycles. The number of benzene rings is 4. The van der Waals surface area contributed by atoms with Gasteiger partial charge in [-0.1, -0.05) is 105 Å². The van der Waals surface area contributed by atoms with Crippen LogP contribution in [-0.4, -0.2) is 25.8 Å². The first kappa shape index (κ1) is 26.2. The van der Waals surface area contributed by atoms with Gasteiger partial charge in [-0.05, 0) is 46.9 Å². The van der Waals surface area contributed by atoms with Gasteiger partial charge in [0.05, 0.1) is 10.6 Å². The molecule has 0 radical (unpaired) electrons. The lowest BCUT2D eigenvalue weighted by molar-refractivity contribution is -0.130. The number of hydrogen-bond donors (Lipinski definition) is 0. The van der Waals surface area contributed by atoms with Crippen LogP contribution in [0.2, 0.25) is 0 Å². The van der Waals surface area contributed by atoms with Gasteiger partial charge in [0.25, 0.3) is 10.0 Å². The molecule has 0 spiro atoms. The zero-order chi connectivity index (χ0) is 26.3. The van der Waals surface area contributed by atoms with E-state index >= 15 is 0 Å². The lowest BCUT2D eigenvalue weighted by atomic mass is 10.0. The monoisotopic (exact) mass is 512 g/mol. The minimum Gasteiger partial charge on any atom is -0.332 e. The first-order valence-electron chi connectivity index (χ1n) is 12.4. The topological polar surface area (TPSA) is 57.7 Å². The highest BCUT2D eigenvalue weighted by molar-refractivity contribution is 7.92. The quantitative estimate of drug-likeness (QED) is 0.253. The summed E-state index contributed by atoms with van der Waals surface area (Å²) >= 11 is 0. The average molecular weight is 513 g/mol. The van der Waals surface area contributed by atoms with Crippen molar-refractivity contribution in [1.82, 2.24) is 4.90 Å². The van der Waals surface area contributed by atoms with Crippen LogP contribution in [0.1, 0.15) is 36.5 Å². The number of carbonyl (C=O) groups is 1. The third-order valence-corrected chi connectivity index (χ3v) is 8.03. The smallest absolute Gasteiger partial charge is 0.264 e. The Morgan fingerprint density at radius 3 is 1.59 bits per heavy atom. The summed E-state index contributed by atoms with van der Waals surface area (Å²) in [6, 6.07) is 35.1. The van der Waals surface area contributed by atoms with E-state index < -0.39 is 10.0 Å². The van der Waals surface area contributed by atoms with Gasteiger partial charge in [0.15, 0.2) is 0 Å². The van der Waals surface area contributed by atoms with Gasteiger partial charge in [-0.15, -0.1) is 0 Å². The first-order valence-corrected chi connectivity index (χ1v) is 13.8. The molecule has 0 saturated carbocycles. The van der Waals surface area contributed by atoms with Gasteiger partial charge in [-0.25, -0.2) is 8.42 Å². The summed E-state index contributed by atoms with van der Waals surface area (Å²) in [6.07, 6.45) is 0. The summed E-state index contributed by atoms with van der Waals surface area (Å²) in [5.41, 5.74) is 3.51. The molecule has 6 heteroatoms. The molecule has 0 bridgehead atoms. The fourth-order valence-corrected chi connectivity index (χ4v) is 5.56. The molecule has 0 heterocycles. The number of hydrogen-bond acceptors (Lipinski definition) is 3. The number of rotatable bonds is 10. The van der Waals surface area contributed by atoms with Crippen LogP contribution in [0.3, 0.4) is 0 Å². The number of amides is 1. The van der Waals surface area contributed by atoms with Crippen molar-refractivity contribution in [2.45, 2.75) is 37.8 Å². The van der Waals surface area contributed by atoms with E-state index in [1.165, 1.54) is 4.31 Å². The molecule has 0 saturated heterocycles. The van der Waals surface area contributed by atoms with E-state index in [2.05, 4.69) is 13.8 Å². The molecular weight excluding hydrogens is 480 g/mol. The van der Waals surface area contributed by atoms with Crippen LogP contribution in [-0.2, 0) is 27.9 Å². The molecular formula is C31H32N2O3S. The molecule has 0 unspecified atom stereocenters. The summed E-state index contributed by atoms with van der Waals surface area (Å²) in [4.78, 5) is 15.7. The van der Waals surface area contributed by atoms with Gasteiger partial charge in [0, 0.05) is 13.1 Å². The summed E-state index contributed by atoms with van der Waals surface area (Å²) in [5.74, 6) is 0.0299. The van der Waals surface area contributed by atoms with Crippen LogP contribution in [0.25, 0.3) is 0 Å². The maximum absolute atomic E-state index is 13.8. The number of carbonyl (C=O) groups excluding carboxylic acids is 1. The predicted molar refractivity (Wildman–Crippen MR) is 149 cm³/mol. The van der Waals surface area contributed by atoms with Crippen molar-refractivity contribution in [2.75, 3.05) is 10.8 Å². The molecule has 37 heavy (non-hydrogen) atoms. The third kappa shape index (κ3) is 6.66. The largest absolute Gasteiger partial charge is 0.332 e. The predicted octanol–water partition coefficient (Wildman–Crippen LogP) is 6.23. The van der Waals surface area contributed by atoms with E-state index in [1.807, 2.05) is 72.8 Å². The van der Waals surface area contributed by atoms with E-state index in [4.69, 9.17) is 0 Å². The van der Waals surface area contributed by atoms with E-state index in [-0.39, 0.29) is 17.3 Å². The first-order chi connectivity index (χ1) is 17.8. The van der Waals surface area contributed by atoms with Crippen molar-refractivity contribution < 1.29 is 13.2 Å². The van der Waals surface area contributed by atoms with Crippen LogP contribution in [0.5, 0.6) is 0 Å². The van der Waals surface area contributed by atoms with Crippen LogP contribution >= 0.6 is 0 Å². The molecule has 0 aromatic heterocycles. The van der Waals surface area contributed by atoms with Crippen molar-refractivity contribution in [3.8, 4) is 0 Å². The second kappa shape index (κ2) is 11.9. The maximum Gasteiger partial charge on any atom is 0.264 e. The summed E-state index contributed by atoms with van der Waals surface area (Å²) < 4.78 is 28.8. The second-order valence-electron chi connectivity index (χ2n) is 9.29. The molecule has 4 rings (SSSR count). The summed E-state index contributed by atoms with van der Waals surface area (Å²) in [5, 5.41) is 0. The molecule has 0 fully saturated rings. The number of sulfonamides is 1. The molecule has 4 aromatic rings. The lowest BCUT2D eigenvalue weighted by Gasteiger charge is -2.29. The Kier molecular flexibility index (Phi) is 8.41. The molecule has 0 atom stereocenters. The second-order valence-corrected chi connectivity index (χ2v) is 11.2. The van der Waals surface area contributed by atoms with Crippen molar-refractivity contribution in [3.05, 3.63) is 132 Å². The van der Waals surface area contributed by atoms with Crippen LogP contribution < -0.4 is 4.31 Å². The van der Waals surface area contributed by atoms with E-state index in [0.29, 0.717) is 24.7 Å². The third-order valence-electron chi connectivity index (χ3n) is 6.24. The standard InChI is InChI=1S/C31H32N2O3S/c1-25(2)28-18-20-29(21-19-28)33(37(35,36)30-16-10-5-11-17-30)24-31(34)32(22-26-12-6-3-7-13-26)23-27-14-8-4-9-15-27/h3-21,25H,22-24H2,1-2H3. The summed E-state index contributed by atoms with van der Waals surface area (Å²) in [6.45, 7) is 4.61. The Morgan fingerprint density at radius 2 is 1.14 bits per heavy atom. The van der Waals surface area contributed by atoms with Gasteiger partial charge < -0.3 is 4.90 Å². The summed E-state index contributed by atoms with van der Waals surface area (Å²) in [7, 11) is -3.98. The van der Waals surface area contributed by atoms with Crippen LogP contribution in [0.15, 0.2) is 120 Å². The molecule has 4 aromatic carbocycles. The van der Waals surface area contributed by atoms with Crippen molar-refractivity contribution in [2.24, 2.45) is 0 Å². The molecule has 5 nitrogen and oxygen atoms in total. The van der Waals surface area contributed by atoms with Crippen molar-refractivity contribution in [3.63, 3.8) is 0 Å². The van der Waals surface area contributed by atoms with Crippen LogP contribution in [0, 0.1) is 0 Å². The number of nitrogens with zero attached hydrogens (tertiary/aromatic N) is 2. The van der Waals surface area contributed by atoms with Crippen molar-refractivity contribution in [1.29, 1.82) is 0 Å². The zero-order valence-corrected chi connectivity index (χ0v) is 22.0. The lowest BCUT2D eigenvalue weighted by Crippen LogP contribution is -2.42. The SMILES string of the molecule is CC(C)c1ccc(N(CC(=O)N(Cc2ccccc2)Cc2ccccc2)S(=O)(=O)c2ccccc2)cc1. The highest BCUT2D eigenvalue weighted by Gasteiger charge is 2.29. The normalized spacial score (nSPS) is 11.3. The van der Waals surface area contributed by atoms with Crippen molar-refractivity contribution >= 4 is 21.6 Å². The Morgan fingerprint density at radius 1 is 0.676 bits per heavy atom. The van der Waals surface area contributed by atoms with E-state index in [9.17, 15) is 13.2 Å². The molecule has 0 aliphatic heterocycles. The average Bonchev–Trinajstić information content (AvgIpc) is 2.93. The molecule has 1 amide bonds. The van der Waals surface area contributed by atoms with Gasteiger partial charge in [-0.2, -0.15) is 0 Å². The van der Waals surface area contributed by atoms with Gasteiger partial charge in [0.1, 0.15) is 6.54 Å². The van der Waals surface area contributed by atoms with Crippen LogP contribution in [0.4, 0.5) is 5.69 Å². The minimum atomic E-state index is -3.98. The fourth-order valence-electron chi connectivity index (χ4n) is 4.12. The number of anilines is 1. The maximum atomic E-state index is 13.8.